The Kier molecular flexibility index (Phi) is 7.73. The van der Waals surface area contributed by atoms with Crippen molar-refractivity contribution in [3.05, 3.63) is 82.9 Å². The molecule has 172 valence electrons. The number of ether oxygens (including phenoxy) is 2. The standard InChI is InChI=1S/C22H15ClF4N2O4/c23-14-7-8-17(28-19(30)12-3-1-5-15(9-12)32-21(24)25)18(11-14)29-20(31)13-4-2-6-16(10-13)33-22(26)27/h1-11,21-22H,(H,28,30)(H,29,31). The molecule has 0 radical (unpaired) electrons. The van der Waals surface area contributed by atoms with Crippen molar-refractivity contribution in [3.8, 4) is 11.5 Å². The van der Waals surface area contributed by atoms with E-state index in [1.54, 1.807) is 0 Å². The van der Waals surface area contributed by atoms with Crippen LogP contribution < -0.4 is 20.1 Å². The smallest absolute Gasteiger partial charge is 0.387 e. The average molecular weight is 483 g/mol. The van der Waals surface area contributed by atoms with E-state index in [-0.39, 0.29) is 39.0 Å². The Labute approximate surface area is 190 Å². The van der Waals surface area contributed by atoms with Crippen molar-refractivity contribution in [1.29, 1.82) is 0 Å². The third-order valence-electron chi connectivity index (χ3n) is 4.12. The highest BCUT2D eigenvalue weighted by molar-refractivity contribution is 6.31. The largest absolute Gasteiger partial charge is 0.435 e. The highest BCUT2D eigenvalue weighted by Gasteiger charge is 2.15. The number of nitrogens with one attached hydrogen (secondary N) is 2. The molecule has 0 fully saturated rings. The molecule has 0 aliphatic rings. The maximum Gasteiger partial charge on any atom is 0.387 e. The van der Waals surface area contributed by atoms with Crippen LogP contribution in [0.4, 0.5) is 28.9 Å². The van der Waals surface area contributed by atoms with Crippen molar-refractivity contribution in [2.24, 2.45) is 0 Å². The SMILES string of the molecule is O=C(Nc1ccc(Cl)cc1NC(=O)c1cccc(OC(F)F)c1)c1cccc(OC(F)F)c1. The number of hydrogen-bond acceptors (Lipinski definition) is 4. The molecule has 0 atom stereocenters. The first-order valence-electron chi connectivity index (χ1n) is 9.23. The van der Waals surface area contributed by atoms with E-state index in [0.29, 0.717) is 0 Å². The summed E-state index contributed by atoms with van der Waals surface area (Å²) in [5.41, 5.74) is 0.304. The van der Waals surface area contributed by atoms with E-state index in [2.05, 4.69) is 20.1 Å². The minimum absolute atomic E-state index is 0.0160. The molecule has 0 unspecified atom stereocenters. The van der Waals surface area contributed by atoms with Gasteiger partial charge >= 0.3 is 13.2 Å². The van der Waals surface area contributed by atoms with Crippen LogP contribution in [0.25, 0.3) is 0 Å². The zero-order valence-electron chi connectivity index (χ0n) is 16.5. The summed E-state index contributed by atoms with van der Waals surface area (Å²) in [5, 5.41) is 5.33. The van der Waals surface area contributed by atoms with Crippen molar-refractivity contribution >= 4 is 34.8 Å². The second kappa shape index (κ2) is 10.7. The Hall–Kier alpha value is -3.79. The summed E-state index contributed by atoms with van der Waals surface area (Å²) in [7, 11) is 0. The number of benzene rings is 3. The molecule has 0 aromatic heterocycles. The van der Waals surface area contributed by atoms with Crippen molar-refractivity contribution in [1.82, 2.24) is 0 Å². The van der Waals surface area contributed by atoms with Gasteiger partial charge in [-0.2, -0.15) is 17.6 Å². The number of carbonyl (C=O) groups excluding carboxylic acids is 2. The zero-order valence-corrected chi connectivity index (χ0v) is 17.3. The van der Waals surface area contributed by atoms with Gasteiger partial charge in [0.1, 0.15) is 11.5 Å². The molecule has 0 saturated heterocycles. The van der Waals surface area contributed by atoms with Gasteiger partial charge < -0.3 is 20.1 Å². The lowest BCUT2D eigenvalue weighted by Gasteiger charge is -2.14. The van der Waals surface area contributed by atoms with Crippen molar-refractivity contribution < 1.29 is 36.6 Å². The van der Waals surface area contributed by atoms with E-state index >= 15 is 0 Å². The van der Waals surface area contributed by atoms with E-state index in [1.807, 2.05) is 0 Å². The van der Waals surface area contributed by atoms with Gasteiger partial charge in [0.25, 0.3) is 11.8 Å². The van der Waals surface area contributed by atoms with Gasteiger partial charge in [-0.25, -0.2) is 0 Å². The van der Waals surface area contributed by atoms with Crippen LogP contribution in [0.1, 0.15) is 20.7 Å². The molecule has 6 nitrogen and oxygen atoms in total. The number of alkyl halides is 4. The molecule has 11 heteroatoms. The number of hydrogen-bond donors (Lipinski definition) is 2. The highest BCUT2D eigenvalue weighted by Crippen LogP contribution is 2.28. The Bertz CT molecular complexity index is 1160. The lowest BCUT2D eigenvalue weighted by Crippen LogP contribution is -2.17. The van der Waals surface area contributed by atoms with Crippen LogP contribution in [0, 0.1) is 0 Å². The number of halogens is 5. The number of carbonyl (C=O) groups is 2. The molecule has 2 N–H and O–H groups in total. The molecular weight excluding hydrogens is 468 g/mol. The Morgan fingerprint density at radius 3 is 1.67 bits per heavy atom. The predicted octanol–water partition coefficient (Wildman–Crippen LogP) is 6.05. The molecule has 2 amide bonds. The molecule has 0 spiro atoms. The minimum Gasteiger partial charge on any atom is -0.435 e. The van der Waals surface area contributed by atoms with Gasteiger partial charge in [0, 0.05) is 16.1 Å². The highest BCUT2D eigenvalue weighted by atomic mass is 35.5. The van der Waals surface area contributed by atoms with E-state index in [0.717, 1.165) is 12.1 Å². The maximum absolute atomic E-state index is 12.6. The molecule has 0 aliphatic carbocycles. The van der Waals surface area contributed by atoms with E-state index < -0.39 is 25.0 Å². The number of rotatable bonds is 8. The first kappa shape index (κ1) is 23.9. The third-order valence-corrected chi connectivity index (χ3v) is 4.36. The van der Waals surface area contributed by atoms with Crippen molar-refractivity contribution in [2.45, 2.75) is 13.2 Å². The van der Waals surface area contributed by atoms with Gasteiger partial charge in [-0.05, 0) is 54.6 Å². The molecule has 3 aromatic rings. The fourth-order valence-electron chi connectivity index (χ4n) is 2.74. The maximum atomic E-state index is 12.6. The molecule has 0 heterocycles. The minimum atomic E-state index is -3.05. The van der Waals surface area contributed by atoms with Gasteiger partial charge in [-0.3, -0.25) is 9.59 Å². The molecular formula is C22H15ClF4N2O4. The van der Waals surface area contributed by atoms with Crippen LogP contribution >= 0.6 is 11.6 Å². The molecule has 0 bridgehead atoms. The Morgan fingerprint density at radius 2 is 1.18 bits per heavy atom. The normalized spacial score (nSPS) is 10.8. The average Bonchev–Trinajstić information content (AvgIpc) is 2.75. The fourth-order valence-corrected chi connectivity index (χ4v) is 2.92. The molecule has 33 heavy (non-hydrogen) atoms. The first-order chi connectivity index (χ1) is 15.7. The van der Waals surface area contributed by atoms with Crippen LogP contribution in [0.15, 0.2) is 66.7 Å². The van der Waals surface area contributed by atoms with Crippen LogP contribution in [0.3, 0.4) is 0 Å². The van der Waals surface area contributed by atoms with E-state index in [9.17, 15) is 27.2 Å². The lowest BCUT2D eigenvalue weighted by atomic mass is 10.1. The number of anilines is 2. The predicted molar refractivity (Wildman–Crippen MR) is 114 cm³/mol. The Morgan fingerprint density at radius 1 is 0.697 bits per heavy atom. The Balaban J connectivity index is 1.80. The van der Waals surface area contributed by atoms with Gasteiger partial charge in [0.2, 0.25) is 0 Å². The third kappa shape index (κ3) is 6.84. The van der Waals surface area contributed by atoms with Crippen molar-refractivity contribution in [3.63, 3.8) is 0 Å². The topological polar surface area (TPSA) is 76.7 Å². The van der Waals surface area contributed by atoms with Crippen LogP contribution in [-0.2, 0) is 0 Å². The summed E-state index contributed by atoms with van der Waals surface area (Å²) in [6, 6.07) is 14.5. The number of amides is 2. The van der Waals surface area contributed by atoms with Gasteiger partial charge in [-0.15, -0.1) is 0 Å². The summed E-state index contributed by atoms with van der Waals surface area (Å²) in [4.78, 5) is 25.2. The molecule has 3 rings (SSSR count). The summed E-state index contributed by atoms with van der Waals surface area (Å²) in [6.45, 7) is -6.10. The van der Waals surface area contributed by atoms with Crippen LogP contribution in [0.5, 0.6) is 11.5 Å². The zero-order chi connectivity index (χ0) is 24.0. The monoisotopic (exact) mass is 482 g/mol. The molecule has 0 saturated carbocycles. The summed E-state index contributed by atoms with van der Waals surface area (Å²) in [6.07, 6.45) is 0. The molecule has 0 aliphatic heterocycles. The van der Waals surface area contributed by atoms with Crippen LogP contribution in [0.2, 0.25) is 5.02 Å². The van der Waals surface area contributed by atoms with Gasteiger partial charge in [-0.1, -0.05) is 23.7 Å². The van der Waals surface area contributed by atoms with E-state index in [4.69, 9.17) is 11.6 Å². The lowest BCUT2D eigenvalue weighted by molar-refractivity contribution is -0.0505. The first-order valence-corrected chi connectivity index (χ1v) is 9.61. The fraction of sp³-hybridized carbons (Fsp3) is 0.0909. The van der Waals surface area contributed by atoms with Gasteiger partial charge in [0.05, 0.1) is 11.4 Å². The summed E-state index contributed by atoms with van der Waals surface area (Å²) < 4.78 is 58.3. The summed E-state index contributed by atoms with van der Waals surface area (Å²) in [5.74, 6) is -1.75. The quantitative estimate of drug-likeness (QED) is 0.383. The van der Waals surface area contributed by atoms with E-state index in [1.165, 1.54) is 54.6 Å². The second-order valence-electron chi connectivity index (χ2n) is 6.41. The van der Waals surface area contributed by atoms with Crippen LogP contribution in [-0.4, -0.2) is 25.0 Å². The molecule has 3 aromatic carbocycles. The van der Waals surface area contributed by atoms with Gasteiger partial charge in [0.15, 0.2) is 0 Å². The summed E-state index contributed by atoms with van der Waals surface area (Å²) >= 11 is 6.00. The van der Waals surface area contributed by atoms with Crippen molar-refractivity contribution in [2.75, 3.05) is 10.6 Å². The second-order valence-corrected chi connectivity index (χ2v) is 6.85.